The van der Waals surface area contributed by atoms with E-state index in [1.54, 1.807) is 12.1 Å². The van der Waals surface area contributed by atoms with Crippen molar-refractivity contribution in [3.8, 4) is 0 Å². The van der Waals surface area contributed by atoms with Crippen LogP contribution in [0.4, 0.5) is 17.3 Å². The molecule has 0 unspecified atom stereocenters. The highest BCUT2D eigenvalue weighted by molar-refractivity contribution is 6.33. The second kappa shape index (κ2) is 7.32. The van der Waals surface area contributed by atoms with Crippen LogP contribution in [0, 0.1) is 13.8 Å². The molecular weight excluding hydrogens is 336 g/mol. The third-order valence-corrected chi connectivity index (χ3v) is 3.97. The molecule has 0 spiro atoms. The molecule has 0 aliphatic rings. The van der Waals surface area contributed by atoms with Gasteiger partial charge in [0.2, 0.25) is 5.95 Å². The van der Waals surface area contributed by atoms with Crippen LogP contribution in [0.5, 0.6) is 0 Å². The molecule has 1 heterocycles. The number of amides is 1. The standard InChI is InChI=1S/C19H17ClN4O/c1-12-7-8-15(13(2)11-12)22-18(25)17-9-10-21-19(24-17)23-16-6-4-3-5-14(16)20/h3-11H,1-2H3,(H,22,25)(H,21,23,24). The molecule has 0 radical (unpaired) electrons. The van der Waals surface area contributed by atoms with E-state index in [2.05, 4.69) is 20.6 Å². The topological polar surface area (TPSA) is 66.9 Å². The van der Waals surface area contributed by atoms with Crippen LogP contribution in [0.25, 0.3) is 0 Å². The lowest BCUT2D eigenvalue weighted by Gasteiger charge is -2.10. The number of anilines is 3. The first-order chi connectivity index (χ1) is 12.0. The fourth-order valence-electron chi connectivity index (χ4n) is 2.37. The minimum atomic E-state index is -0.295. The van der Waals surface area contributed by atoms with E-state index < -0.39 is 0 Å². The van der Waals surface area contributed by atoms with Crippen LogP contribution in [0.2, 0.25) is 5.02 Å². The summed E-state index contributed by atoms with van der Waals surface area (Å²) in [5.41, 5.74) is 3.84. The fourth-order valence-corrected chi connectivity index (χ4v) is 2.55. The molecule has 0 saturated carbocycles. The number of nitrogens with zero attached hydrogens (tertiary/aromatic N) is 2. The molecule has 1 aromatic heterocycles. The number of carbonyl (C=O) groups excluding carboxylic acids is 1. The molecule has 3 rings (SSSR count). The zero-order chi connectivity index (χ0) is 17.8. The van der Waals surface area contributed by atoms with E-state index in [0.717, 1.165) is 16.8 Å². The largest absolute Gasteiger partial charge is 0.323 e. The van der Waals surface area contributed by atoms with Gasteiger partial charge in [-0.15, -0.1) is 0 Å². The van der Waals surface area contributed by atoms with Crippen molar-refractivity contribution in [2.75, 3.05) is 10.6 Å². The molecule has 126 valence electrons. The normalized spacial score (nSPS) is 10.4. The molecule has 0 saturated heterocycles. The fraction of sp³-hybridized carbons (Fsp3) is 0.105. The molecule has 5 nitrogen and oxygen atoms in total. The van der Waals surface area contributed by atoms with Crippen molar-refractivity contribution in [2.45, 2.75) is 13.8 Å². The Bertz CT molecular complexity index is 927. The van der Waals surface area contributed by atoms with Crippen LogP contribution in [-0.2, 0) is 0 Å². The first-order valence-electron chi connectivity index (χ1n) is 7.76. The monoisotopic (exact) mass is 352 g/mol. The van der Waals surface area contributed by atoms with Gasteiger partial charge < -0.3 is 10.6 Å². The molecule has 0 aliphatic carbocycles. The Labute approximate surface area is 151 Å². The molecule has 0 fully saturated rings. The lowest BCUT2D eigenvalue weighted by atomic mass is 10.1. The lowest BCUT2D eigenvalue weighted by Crippen LogP contribution is -2.15. The summed E-state index contributed by atoms with van der Waals surface area (Å²) in [5.74, 6) is 0.0120. The van der Waals surface area contributed by atoms with E-state index in [-0.39, 0.29) is 11.6 Å². The van der Waals surface area contributed by atoms with Crippen LogP contribution in [0.3, 0.4) is 0 Å². The van der Waals surface area contributed by atoms with Gasteiger partial charge in [0.25, 0.3) is 5.91 Å². The number of halogens is 1. The maximum absolute atomic E-state index is 12.5. The van der Waals surface area contributed by atoms with Gasteiger partial charge in [-0.25, -0.2) is 9.97 Å². The Kier molecular flexibility index (Phi) is 4.95. The third kappa shape index (κ3) is 4.14. The maximum Gasteiger partial charge on any atom is 0.274 e. The van der Waals surface area contributed by atoms with Crippen LogP contribution >= 0.6 is 11.6 Å². The molecule has 3 aromatic rings. The number of para-hydroxylation sites is 1. The number of benzene rings is 2. The summed E-state index contributed by atoms with van der Waals surface area (Å²) in [7, 11) is 0. The highest BCUT2D eigenvalue weighted by atomic mass is 35.5. The number of hydrogen-bond donors (Lipinski definition) is 2. The van der Waals surface area contributed by atoms with Crippen LogP contribution in [0.1, 0.15) is 21.6 Å². The number of aryl methyl sites for hydroxylation is 2. The smallest absolute Gasteiger partial charge is 0.274 e. The summed E-state index contributed by atoms with van der Waals surface area (Å²) in [6.07, 6.45) is 1.53. The molecule has 0 bridgehead atoms. The van der Waals surface area contributed by atoms with Gasteiger partial charge in [0.1, 0.15) is 5.69 Å². The molecule has 0 aliphatic heterocycles. The highest BCUT2D eigenvalue weighted by Crippen LogP contribution is 2.23. The Morgan fingerprint density at radius 2 is 1.84 bits per heavy atom. The predicted octanol–water partition coefficient (Wildman–Crippen LogP) is 4.74. The first-order valence-corrected chi connectivity index (χ1v) is 8.14. The summed E-state index contributed by atoms with van der Waals surface area (Å²) < 4.78 is 0. The number of aromatic nitrogens is 2. The molecular formula is C19H17ClN4O. The minimum Gasteiger partial charge on any atom is -0.323 e. The van der Waals surface area contributed by atoms with Crippen molar-refractivity contribution in [3.63, 3.8) is 0 Å². The quantitative estimate of drug-likeness (QED) is 0.711. The van der Waals surface area contributed by atoms with Gasteiger partial charge in [-0.05, 0) is 43.7 Å². The van der Waals surface area contributed by atoms with Crippen molar-refractivity contribution < 1.29 is 4.79 Å². The van der Waals surface area contributed by atoms with Crippen molar-refractivity contribution in [1.82, 2.24) is 9.97 Å². The average Bonchev–Trinajstić information content (AvgIpc) is 2.60. The molecule has 1 amide bonds. The van der Waals surface area contributed by atoms with Crippen LogP contribution in [0.15, 0.2) is 54.7 Å². The maximum atomic E-state index is 12.5. The van der Waals surface area contributed by atoms with Crippen LogP contribution < -0.4 is 10.6 Å². The predicted molar refractivity (Wildman–Crippen MR) is 101 cm³/mol. The zero-order valence-electron chi connectivity index (χ0n) is 13.9. The lowest BCUT2D eigenvalue weighted by molar-refractivity contribution is 0.102. The summed E-state index contributed by atoms with van der Waals surface area (Å²) >= 11 is 6.12. The van der Waals surface area contributed by atoms with Crippen molar-refractivity contribution in [1.29, 1.82) is 0 Å². The van der Waals surface area contributed by atoms with Gasteiger partial charge in [0.15, 0.2) is 0 Å². The number of carbonyl (C=O) groups is 1. The van der Waals surface area contributed by atoms with Crippen molar-refractivity contribution in [2.24, 2.45) is 0 Å². The highest BCUT2D eigenvalue weighted by Gasteiger charge is 2.11. The number of nitrogens with one attached hydrogen (secondary N) is 2. The van der Waals surface area contributed by atoms with Crippen molar-refractivity contribution in [3.05, 3.63) is 76.6 Å². The average molecular weight is 353 g/mol. The molecule has 2 aromatic carbocycles. The van der Waals surface area contributed by atoms with E-state index in [0.29, 0.717) is 16.7 Å². The van der Waals surface area contributed by atoms with E-state index in [9.17, 15) is 4.79 Å². The number of rotatable bonds is 4. The SMILES string of the molecule is Cc1ccc(NC(=O)c2ccnc(Nc3ccccc3Cl)n2)c(C)c1. The van der Waals surface area contributed by atoms with Gasteiger partial charge >= 0.3 is 0 Å². The molecule has 0 atom stereocenters. The van der Waals surface area contributed by atoms with E-state index in [4.69, 9.17) is 11.6 Å². The Morgan fingerprint density at radius 3 is 2.60 bits per heavy atom. The van der Waals surface area contributed by atoms with Gasteiger partial charge in [-0.2, -0.15) is 0 Å². The van der Waals surface area contributed by atoms with Gasteiger partial charge in [0.05, 0.1) is 10.7 Å². The van der Waals surface area contributed by atoms with E-state index in [1.165, 1.54) is 6.20 Å². The molecule has 2 N–H and O–H groups in total. The Hall–Kier alpha value is -2.92. The molecule has 6 heteroatoms. The van der Waals surface area contributed by atoms with Gasteiger partial charge in [-0.3, -0.25) is 4.79 Å². The summed E-state index contributed by atoms with van der Waals surface area (Å²) in [4.78, 5) is 20.9. The summed E-state index contributed by atoms with van der Waals surface area (Å²) in [6.45, 7) is 3.96. The van der Waals surface area contributed by atoms with Crippen LogP contribution in [-0.4, -0.2) is 15.9 Å². The first kappa shape index (κ1) is 16.9. The molecule has 25 heavy (non-hydrogen) atoms. The number of hydrogen-bond acceptors (Lipinski definition) is 4. The van der Waals surface area contributed by atoms with Crippen molar-refractivity contribution >= 4 is 34.8 Å². The summed E-state index contributed by atoms with van der Waals surface area (Å²) in [5, 5.41) is 6.44. The Morgan fingerprint density at radius 1 is 1.04 bits per heavy atom. The van der Waals surface area contributed by atoms with Gasteiger partial charge in [-0.1, -0.05) is 41.4 Å². The van der Waals surface area contributed by atoms with E-state index in [1.807, 2.05) is 50.2 Å². The summed E-state index contributed by atoms with van der Waals surface area (Å²) in [6, 6.07) is 14.7. The second-order valence-corrected chi connectivity index (χ2v) is 6.05. The minimum absolute atomic E-state index is 0.268. The zero-order valence-corrected chi connectivity index (χ0v) is 14.6. The third-order valence-electron chi connectivity index (χ3n) is 3.64. The second-order valence-electron chi connectivity index (χ2n) is 5.64. The van der Waals surface area contributed by atoms with Gasteiger partial charge in [0, 0.05) is 11.9 Å². The van der Waals surface area contributed by atoms with E-state index >= 15 is 0 Å². The Balaban J connectivity index is 1.79.